The zero-order chi connectivity index (χ0) is 18.8. The molecule has 2 aliphatic carbocycles. The van der Waals surface area contributed by atoms with Gasteiger partial charge in [-0.25, -0.2) is 4.79 Å². The molecule has 0 heterocycles. The first-order chi connectivity index (χ1) is 13.1. The largest absolute Gasteiger partial charge is 0.481 e. The molecular weight excluding hydrogens is 342 g/mol. The Morgan fingerprint density at radius 1 is 1.04 bits per heavy atom. The van der Waals surface area contributed by atoms with E-state index in [0.29, 0.717) is 0 Å². The van der Waals surface area contributed by atoms with Crippen LogP contribution >= 0.6 is 0 Å². The van der Waals surface area contributed by atoms with Gasteiger partial charge in [0.2, 0.25) is 0 Å². The monoisotopic (exact) mass is 365 g/mol. The van der Waals surface area contributed by atoms with E-state index in [1.165, 1.54) is 11.1 Å². The first-order valence-corrected chi connectivity index (χ1v) is 9.47. The third-order valence-corrected chi connectivity index (χ3v) is 5.85. The van der Waals surface area contributed by atoms with Crippen LogP contribution < -0.4 is 5.32 Å². The average Bonchev–Trinajstić information content (AvgIpc) is 2.95. The van der Waals surface area contributed by atoms with Gasteiger partial charge in [-0.2, -0.15) is 0 Å². The Hall–Kier alpha value is -2.82. The van der Waals surface area contributed by atoms with Crippen LogP contribution in [0.2, 0.25) is 0 Å². The highest BCUT2D eigenvalue weighted by atomic mass is 16.5. The van der Waals surface area contributed by atoms with Gasteiger partial charge in [-0.1, -0.05) is 55.0 Å². The van der Waals surface area contributed by atoms with Crippen LogP contribution in [0.3, 0.4) is 0 Å². The number of aliphatic carboxylic acids is 1. The molecule has 0 radical (unpaired) electrons. The highest BCUT2D eigenvalue weighted by Crippen LogP contribution is 2.44. The molecule has 2 aromatic carbocycles. The molecule has 1 unspecified atom stereocenters. The number of carboxylic acid groups (broad SMARTS) is 1. The summed E-state index contributed by atoms with van der Waals surface area (Å²) in [7, 11) is 0. The van der Waals surface area contributed by atoms with Crippen LogP contribution in [-0.4, -0.2) is 30.3 Å². The van der Waals surface area contributed by atoms with E-state index in [1.807, 2.05) is 24.3 Å². The van der Waals surface area contributed by atoms with Crippen molar-refractivity contribution in [2.45, 2.75) is 25.2 Å². The van der Waals surface area contributed by atoms with E-state index in [1.54, 1.807) is 0 Å². The number of carboxylic acids is 1. The maximum absolute atomic E-state index is 12.2. The lowest BCUT2D eigenvalue weighted by atomic mass is 9.76. The van der Waals surface area contributed by atoms with Crippen molar-refractivity contribution in [3.63, 3.8) is 0 Å². The summed E-state index contributed by atoms with van der Waals surface area (Å²) in [4.78, 5) is 23.5. The Morgan fingerprint density at radius 3 is 2.15 bits per heavy atom. The van der Waals surface area contributed by atoms with Gasteiger partial charge >= 0.3 is 12.1 Å². The van der Waals surface area contributed by atoms with Crippen molar-refractivity contribution in [3.05, 3.63) is 59.7 Å². The summed E-state index contributed by atoms with van der Waals surface area (Å²) < 4.78 is 5.46. The molecule has 0 spiro atoms. The normalized spacial score (nSPS) is 16.7. The number of amides is 1. The Morgan fingerprint density at radius 2 is 1.63 bits per heavy atom. The van der Waals surface area contributed by atoms with Crippen molar-refractivity contribution < 1.29 is 19.4 Å². The van der Waals surface area contributed by atoms with Crippen molar-refractivity contribution in [3.8, 4) is 11.1 Å². The number of ether oxygens (including phenoxy) is 1. The zero-order valence-corrected chi connectivity index (χ0v) is 15.1. The minimum atomic E-state index is -0.848. The number of hydrogen-bond acceptors (Lipinski definition) is 3. The Bertz CT molecular complexity index is 813. The molecule has 1 saturated carbocycles. The smallest absolute Gasteiger partial charge is 0.407 e. The van der Waals surface area contributed by atoms with Crippen LogP contribution in [0.4, 0.5) is 4.79 Å². The van der Waals surface area contributed by atoms with Gasteiger partial charge in [0, 0.05) is 12.5 Å². The van der Waals surface area contributed by atoms with E-state index in [-0.39, 0.29) is 25.0 Å². The summed E-state index contributed by atoms with van der Waals surface area (Å²) >= 11 is 0. The van der Waals surface area contributed by atoms with Gasteiger partial charge in [-0.15, -0.1) is 0 Å². The molecule has 0 aromatic heterocycles. The topological polar surface area (TPSA) is 75.6 Å². The van der Waals surface area contributed by atoms with Crippen LogP contribution in [0.25, 0.3) is 11.1 Å². The summed E-state index contributed by atoms with van der Waals surface area (Å²) in [5, 5.41) is 12.0. The van der Waals surface area contributed by atoms with E-state index in [9.17, 15) is 14.7 Å². The molecule has 2 aliphatic rings. The van der Waals surface area contributed by atoms with E-state index < -0.39 is 18.0 Å². The highest BCUT2D eigenvalue weighted by molar-refractivity contribution is 5.79. The predicted molar refractivity (Wildman–Crippen MR) is 102 cm³/mol. The van der Waals surface area contributed by atoms with Crippen LogP contribution in [0.5, 0.6) is 0 Å². The second-order valence-electron chi connectivity index (χ2n) is 7.34. The average molecular weight is 365 g/mol. The zero-order valence-electron chi connectivity index (χ0n) is 15.1. The molecular formula is C22H23NO4. The molecule has 1 amide bonds. The van der Waals surface area contributed by atoms with Gasteiger partial charge in [0.25, 0.3) is 0 Å². The molecule has 5 nitrogen and oxygen atoms in total. The number of nitrogens with one attached hydrogen (secondary N) is 1. The quantitative estimate of drug-likeness (QED) is 0.810. The Labute approximate surface area is 158 Å². The molecule has 0 aliphatic heterocycles. The molecule has 1 fully saturated rings. The van der Waals surface area contributed by atoms with Crippen LogP contribution in [0, 0.1) is 11.8 Å². The molecule has 0 saturated heterocycles. The van der Waals surface area contributed by atoms with Gasteiger partial charge in [-0.05, 0) is 41.0 Å². The van der Waals surface area contributed by atoms with Crippen LogP contribution in [0.1, 0.15) is 36.3 Å². The van der Waals surface area contributed by atoms with Crippen LogP contribution in [-0.2, 0) is 9.53 Å². The van der Waals surface area contributed by atoms with Crippen molar-refractivity contribution in [2.24, 2.45) is 11.8 Å². The van der Waals surface area contributed by atoms with Gasteiger partial charge < -0.3 is 15.2 Å². The lowest BCUT2D eigenvalue weighted by Gasteiger charge is -2.31. The summed E-state index contributed by atoms with van der Waals surface area (Å²) in [6.07, 6.45) is 2.36. The van der Waals surface area contributed by atoms with Crippen molar-refractivity contribution >= 4 is 12.1 Å². The minimum Gasteiger partial charge on any atom is -0.481 e. The SMILES string of the molecule is O=C(NCC(C(=O)O)C1CCC1)OCC1c2ccccc2-c2ccccc21. The Kier molecular flexibility index (Phi) is 4.84. The fourth-order valence-corrected chi connectivity index (χ4v) is 4.14. The predicted octanol–water partition coefficient (Wildman–Crippen LogP) is 4.03. The summed E-state index contributed by atoms with van der Waals surface area (Å²) in [5.41, 5.74) is 4.67. The number of fused-ring (bicyclic) bond motifs is 3. The summed E-state index contributed by atoms with van der Waals surface area (Å²) in [6, 6.07) is 16.3. The lowest BCUT2D eigenvalue weighted by molar-refractivity contribution is -0.144. The number of alkyl carbamates (subject to hydrolysis) is 1. The van der Waals surface area contributed by atoms with Crippen LogP contribution in [0.15, 0.2) is 48.5 Å². The molecule has 27 heavy (non-hydrogen) atoms. The van der Waals surface area contributed by atoms with Gasteiger partial charge in [0.05, 0.1) is 5.92 Å². The summed E-state index contributed by atoms with van der Waals surface area (Å²) in [6.45, 7) is 0.359. The van der Waals surface area contributed by atoms with Crippen molar-refractivity contribution in [1.29, 1.82) is 0 Å². The number of benzene rings is 2. The molecule has 140 valence electrons. The van der Waals surface area contributed by atoms with Gasteiger partial charge in [0.1, 0.15) is 6.61 Å². The minimum absolute atomic E-state index is 0.00468. The third kappa shape index (κ3) is 3.42. The maximum Gasteiger partial charge on any atom is 0.407 e. The van der Waals surface area contributed by atoms with E-state index >= 15 is 0 Å². The third-order valence-electron chi connectivity index (χ3n) is 5.85. The summed E-state index contributed by atoms with van der Waals surface area (Å²) in [5.74, 6) is -1.21. The number of carbonyl (C=O) groups excluding carboxylic acids is 1. The molecule has 0 bridgehead atoms. The molecule has 5 heteroatoms. The fourth-order valence-electron chi connectivity index (χ4n) is 4.14. The standard InChI is InChI=1S/C22H23NO4/c24-21(25)19(14-6-5-7-14)12-23-22(26)27-13-20-17-10-3-1-8-15(17)16-9-2-4-11-18(16)20/h1-4,8-11,14,19-20H,5-7,12-13H2,(H,23,26)(H,24,25). The first-order valence-electron chi connectivity index (χ1n) is 9.47. The first kappa shape index (κ1) is 17.6. The maximum atomic E-state index is 12.2. The van der Waals surface area contributed by atoms with E-state index in [4.69, 9.17) is 4.74 Å². The molecule has 2 aromatic rings. The van der Waals surface area contributed by atoms with E-state index in [0.717, 1.165) is 30.4 Å². The van der Waals surface area contributed by atoms with Crippen molar-refractivity contribution in [2.75, 3.05) is 13.2 Å². The second kappa shape index (κ2) is 7.43. The number of carbonyl (C=O) groups is 2. The molecule has 4 rings (SSSR count). The molecule has 2 N–H and O–H groups in total. The fraction of sp³-hybridized carbons (Fsp3) is 0.364. The Balaban J connectivity index is 1.38. The number of rotatable bonds is 6. The van der Waals surface area contributed by atoms with Gasteiger partial charge in [0.15, 0.2) is 0 Å². The van der Waals surface area contributed by atoms with Crippen molar-refractivity contribution in [1.82, 2.24) is 5.32 Å². The number of hydrogen-bond donors (Lipinski definition) is 2. The highest BCUT2D eigenvalue weighted by Gasteiger charge is 2.33. The second-order valence-corrected chi connectivity index (χ2v) is 7.34. The lowest BCUT2D eigenvalue weighted by Crippen LogP contribution is -2.39. The van der Waals surface area contributed by atoms with E-state index in [2.05, 4.69) is 29.6 Å². The van der Waals surface area contributed by atoms with Gasteiger partial charge in [-0.3, -0.25) is 4.79 Å². The molecule has 1 atom stereocenters.